The van der Waals surface area contributed by atoms with Crippen molar-refractivity contribution in [2.75, 3.05) is 6.61 Å². The molecule has 0 fully saturated rings. The van der Waals surface area contributed by atoms with Crippen molar-refractivity contribution in [3.63, 3.8) is 0 Å². The van der Waals surface area contributed by atoms with Crippen LogP contribution in [-0.2, 0) is 34.0 Å². The lowest BCUT2D eigenvalue weighted by molar-refractivity contribution is -0.398. The first-order valence-corrected chi connectivity index (χ1v) is 12.5. The molecule has 4 nitrogen and oxygen atoms in total. The molecule has 0 unspecified atom stereocenters. The second-order valence-electron chi connectivity index (χ2n) is 9.45. The summed E-state index contributed by atoms with van der Waals surface area (Å²) >= 11 is 0. The van der Waals surface area contributed by atoms with E-state index in [0.29, 0.717) is 20.8 Å². The van der Waals surface area contributed by atoms with Gasteiger partial charge in [0.05, 0.1) is 36.5 Å². The highest BCUT2D eigenvalue weighted by atomic mass is 19.2. The topological polar surface area (TPSA) is 47.9 Å². The highest BCUT2D eigenvalue weighted by Crippen LogP contribution is 2.33. The van der Waals surface area contributed by atoms with Gasteiger partial charge in [0.2, 0.25) is 0 Å². The Balaban J connectivity index is 2.12. The molecule has 3 rings (SSSR count). The number of rotatable bonds is 12. The average molecular weight is 650 g/mol. The Labute approximate surface area is 241 Å². The molecule has 242 valence electrons. The number of ether oxygens (including phenoxy) is 3. The number of aliphatic hydroxyl groups excluding tert-OH is 1. The van der Waals surface area contributed by atoms with Crippen LogP contribution in [0.2, 0.25) is 0 Å². The zero-order valence-corrected chi connectivity index (χ0v) is 23.0. The Morgan fingerprint density at radius 2 is 0.659 bits per heavy atom. The average Bonchev–Trinajstić information content (AvgIpc) is 3.01. The molecule has 0 aliphatic carbocycles. The third kappa shape index (κ3) is 6.53. The predicted octanol–water partition coefficient (Wildman–Crippen LogP) is 7.66. The summed E-state index contributed by atoms with van der Waals surface area (Å²) in [4.78, 5) is 0. The van der Waals surface area contributed by atoms with Crippen molar-refractivity contribution in [2.45, 2.75) is 59.4 Å². The van der Waals surface area contributed by atoms with Gasteiger partial charge in [0.15, 0.2) is 69.8 Å². The first-order valence-electron chi connectivity index (χ1n) is 12.5. The Kier molecular flexibility index (Phi) is 11.0. The largest absolute Gasteiger partial charge is 0.396 e. The van der Waals surface area contributed by atoms with Gasteiger partial charge in [0.1, 0.15) is 0 Å². The molecular weight excluding hydrogens is 628 g/mol. The van der Waals surface area contributed by atoms with Crippen molar-refractivity contribution >= 4 is 0 Å². The smallest absolute Gasteiger partial charge is 0.283 e. The van der Waals surface area contributed by atoms with Gasteiger partial charge in [-0.15, -0.1) is 0 Å². The second kappa shape index (κ2) is 13.7. The molecule has 16 heteroatoms. The predicted molar refractivity (Wildman–Crippen MR) is 126 cm³/mol. The molecule has 0 aromatic heterocycles. The Morgan fingerprint density at radius 1 is 0.432 bits per heavy atom. The molecular formula is C28H22F12O4. The summed E-state index contributed by atoms with van der Waals surface area (Å²) < 4.78 is 188. The van der Waals surface area contributed by atoms with Gasteiger partial charge in [-0.3, -0.25) is 0 Å². The van der Waals surface area contributed by atoms with E-state index in [-0.39, 0.29) is 0 Å². The number of hydrogen-bond donors (Lipinski definition) is 1. The van der Waals surface area contributed by atoms with Crippen LogP contribution in [0.4, 0.5) is 52.7 Å². The Bertz CT molecular complexity index is 1310. The van der Waals surface area contributed by atoms with Gasteiger partial charge in [0, 0.05) is 29.7 Å². The van der Waals surface area contributed by atoms with E-state index in [1.807, 2.05) is 0 Å². The first kappa shape index (κ1) is 35.1. The molecule has 0 saturated heterocycles. The fourth-order valence-electron chi connectivity index (χ4n) is 3.92. The maximum absolute atomic E-state index is 14.5. The minimum atomic E-state index is -3.08. The molecule has 0 amide bonds. The zero-order valence-electron chi connectivity index (χ0n) is 23.0. The van der Waals surface area contributed by atoms with Gasteiger partial charge in [-0.1, -0.05) is 0 Å². The minimum absolute atomic E-state index is 0.509. The maximum Gasteiger partial charge on any atom is 0.283 e. The highest BCUT2D eigenvalue weighted by Gasteiger charge is 2.38. The number of hydrogen-bond acceptors (Lipinski definition) is 4. The zero-order chi connectivity index (χ0) is 33.3. The fraction of sp³-hybridized carbons (Fsp3) is 0.357. The number of halogens is 12. The lowest BCUT2D eigenvalue weighted by Crippen LogP contribution is -2.40. The van der Waals surface area contributed by atoms with E-state index in [1.54, 1.807) is 0 Å². The molecule has 0 atom stereocenters. The maximum atomic E-state index is 14.5. The van der Waals surface area contributed by atoms with Crippen LogP contribution in [0, 0.1) is 90.6 Å². The molecule has 1 N–H and O–H groups in total. The van der Waals surface area contributed by atoms with E-state index in [9.17, 15) is 57.8 Å². The van der Waals surface area contributed by atoms with E-state index < -0.39 is 148 Å². The van der Waals surface area contributed by atoms with Crippen LogP contribution in [0.3, 0.4) is 0 Å². The van der Waals surface area contributed by atoms with Crippen molar-refractivity contribution in [1.82, 2.24) is 0 Å². The summed E-state index contributed by atoms with van der Waals surface area (Å²) in [6, 6.07) is 0. The lowest BCUT2D eigenvalue weighted by Gasteiger charge is -2.34. The van der Waals surface area contributed by atoms with E-state index in [1.165, 1.54) is 0 Å². The van der Waals surface area contributed by atoms with Gasteiger partial charge < -0.3 is 19.3 Å². The number of benzene rings is 3. The lowest BCUT2D eigenvalue weighted by atomic mass is 10.1. The van der Waals surface area contributed by atoms with Crippen LogP contribution in [0.1, 0.15) is 46.2 Å². The Morgan fingerprint density at radius 3 is 0.864 bits per heavy atom. The van der Waals surface area contributed by atoms with Crippen molar-refractivity contribution < 1.29 is 72.0 Å². The molecule has 3 aromatic rings. The quantitative estimate of drug-likeness (QED) is 0.124. The van der Waals surface area contributed by atoms with Crippen LogP contribution in [0.25, 0.3) is 0 Å². The van der Waals surface area contributed by atoms with Crippen molar-refractivity contribution in [3.8, 4) is 0 Å². The van der Waals surface area contributed by atoms with E-state index in [0.717, 1.165) is 0 Å². The summed E-state index contributed by atoms with van der Waals surface area (Å²) in [7, 11) is 0. The van der Waals surface area contributed by atoms with Gasteiger partial charge in [0.25, 0.3) is 5.97 Å². The van der Waals surface area contributed by atoms with Crippen molar-refractivity contribution in [3.05, 3.63) is 103 Å². The van der Waals surface area contributed by atoms with E-state index in [4.69, 9.17) is 14.2 Å². The normalized spacial score (nSPS) is 12.0. The van der Waals surface area contributed by atoms with Gasteiger partial charge >= 0.3 is 0 Å². The molecule has 3 aromatic carbocycles. The van der Waals surface area contributed by atoms with Crippen LogP contribution in [-0.4, -0.2) is 17.7 Å². The van der Waals surface area contributed by atoms with Gasteiger partial charge in [-0.05, 0) is 27.2 Å². The van der Waals surface area contributed by atoms with Crippen LogP contribution >= 0.6 is 0 Å². The van der Waals surface area contributed by atoms with Gasteiger partial charge in [-0.2, -0.15) is 0 Å². The molecule has 0 radical (unpaired) electrons. The molecule has 44 heavy (non-hydrogen) atoms. The molecule has 0 aliphatic rings. The third-order valence-electron chi connectivity index (χ3n) is 6.67. The summed E-state index contributed by atoms with van der Waals surface area (Å²) in [6.07, 6.45) is -1.39. The third-order valence-corrected chi connectivity index (χ3v) is 6.67. The molecule has 0 saturated carbocycles. The first-order chi connectivity index (χ1) is 20.5. The number of aliphatic hydroxyl groups is 1. The summed E-state index contributed by atoms with van der Waals surface area (Å²) in [5.74, 6) is -26.0. The monoisotopic (exact) mass is 650 g/mol. The summed E-state index contributed by atoms with van der Waals surface area (Å²) in [5.41, 5.74) is -7.52. The van der Waals surface area contributed by atoms with Crippen LogP contribution < -0.4 is 0 Å². The van der Waals surface area contributed by atoms with Crippen LogP contribution in [0.15, 0.2) is 0 Å². The van der Waals surface area contributed by atoms with Crippen LogP contribution in [0.5, 0.6) is 0 Å². The van der Waals surface area contributed by atoms with Crippen molar-refractivity contribution in [2.24, 2.45) is 0 Å². The standard InChI is InChI=1S/C28H22F12O4/c1-10-16(29)22(35)13(23(36)17(10)30)7-42-28(5-4-6-41,43-8-14-24(37)18(31)11(2)19(32)25(14)38)44-9-15-26(39)20(33)12(3)21(34)27(15)40/h41H,4-9H2,1-3H3. The Hall–Kier alpha value is -3.34. The van der Waals surface area contributed by atoms with Gasteiger partial charge in [-0.25, -0.2) is 52.7 Å². The summed E-state index contributed by atoms with van der Waals surface area (Å²) in [6.45, 7) is -3.30. The molecule has 0 aliphatic heterocycles. The van der Waals surface area contributed by atoms with E-state index >= 15 is 0 Å². The molecule has 0 bridgehead atoms. The minimum Gasteiger partial charge on any atom is -0.396 e. The fourth-order valence-corrected chi connectivity index (χ4v) is 3.92. The SMILES string of the molecule is Cc1c(F)c(F)c(COC(CCCO)(OCc2c(F)c(F)c(C)c(F)c2F)OCc2c(F)c(F)c(C)c(F)c2F)c(F)c1F. The second-order valence-corrected chi connectivity index (χ2v) is 9.45. The van der Waals surface area contributed by atoms with Crippen molar-refractivity contribution in [1.29, 1.82) is 0 Å². The van der Waals surface area contributed by atoms with E-state index in [2.05, 4.69) is 0 Å². The summed E-state index contributed by atoms with van der Waals surface area (Å²) in [5, 5.41) is 9.34. The molecule has 0 spiro atoms. The molecule has 0 heterocycles. The highest BCUT2D eigenvalue weighted by molar-refractivity contribution is 5.30.